The van der Waals surface area contributed by atoms with Crippen LogP contribution >= 0.6 is 0 Å². The number of nitrogens with two attached hydrogens (primary N) is 2. The van der Waals surface area contributed by atoms with E-state index in [1.165, 1.54) is 12.1 Å². The third kappa shape index (κ3) is 1.85. The largest absolute Gasteiger partial charge is 0.490 e. The Morgan fingerprint density at radius 2 is 1.93 bits per heavy atom. The second-order valence-electron chi connectivity index (χ2n) is 2.64. The average molecular weight is 197 g/mol. The van der Waals surface area contributed by atoms with Crippen LogP contribution in [0.5, 0.6) is 5.75 Å². The lowest BCUT2D eigenvalue weighted by Gasteiger charge is -2.08. The highest BCUT2D eigenvalue weighted by atomic mass is 16.6. The molecule has 0 bridgehead atoms. The van der Waals surface area contributed by atoms with Gasteiger partial charge in [-0.25, -0.2) is 0 Å². The Bertz CT molecular complexity index is 342. The van der Waals surface area contributed by atoms with Gasteiger partial charge < -0.3 is 16.2 Å². The van der Waals surface area contributed by atoms with Crippen LogP contribution in [0.3, 0.4) is 0 Å². The first-order chi connectivity index (χ1) is 6.56. The van der Waals surface area contributed by atoms with Crippen molar-refractivity contribution < 1.29 is 9.66 Å². The molecule has 0 spiro atoms. The standard InChI is InChI=1S/C8H11N3O3/c1-2-14-8-6(9)3-5(11(12)13)4-7(8)10/h3-4H,2,9-10H2,1H3. The Kier molecular flexibility index (Phi) is 2.76. The first-order valence-corrected chi connectivity index (χ1v) is 4.02. The molecule has 0 atom stereocenters. The number of nitrogen functional groups attached to an aromatic ring is 2. The lowest BCUT2D eigenvalue weighted by atomic mass is 10.2. The number of rotatable bonds is 3. The highest BCUT2D eigenvalue weighted by Crippen LogP contribution is 2.33. The second kappa shape index (κ2) is 3.82. The smallest absolute Gasteiger partial charge is 0.273 e. The van der Waals surface area contributed by atoms with Gasteiger partial charge in [0.25, 0.3) is 5.69 Å². The van der Waals surface area contributed by atoms with Gasteiger partial charge in [-0.3, -0.25) is 10.1 Å². The summed E-state index contributed by atoms with van der Waals surface area (Å²) in [6, 6.07) is 2.45. The molecule has 0 aliphatic heterocycles. The second-order valence-corrected chi connectivity index (χ2v) is 2.64. The zero-order chi connectivity index (χ0) is 10.7. The fourth-order valence-corrected chi connectivity index (χ4v) is 1.07. The maximum absolute atomic E-state index is 10.4. The summed E-state index contributed by atoms with van der Waals surface area (Å²) in [4.78, 5) is 9.88. The van der Waals surface area contributed by atoms with Crippen LogP contribution < -0.4 is 16.2 Å². The number of ether oxygens (including phenoxy) is 1. The number of hydrogen-bond acceptors (Lipinski definition) is 5. The Balaban J connectivity index is 3.18. The molecule has 1 aromatic carbocycles. The monoisotopic (exact) mass is 197 g/mol. The summed E-state index contributed by atoms with van der Waals surface area (Å²) in [5.74, 6) is 0.304. The molecule has 1 rings (SSSR count). The summed E-state index contributed by atoms with van der Waals surface area (Å²) in [7, 11) is 0. The van der Waals surface area contributed by atoms with Crippen LogP contribution in [0.4, 0.5) is 17.1 Å². The fourth-order valence-electron chi connectivity index (χ4n) is 1.07. The van der Waals surface area contributed by atoms with Crippen molar-refractivity contribution in [3.8, 4) is 5.75 Å². The number of anilines is 2. The molecule has 0 saturated heterocycles. The molecular weight excluding hydrogens is 186 g/mol. The van der Waals surface area contributed by atoms with Crippen LogP contribution in [0.15, 0.2) is 12.1 Å². The maximum atomic E-state index is 10.4. The maximum Gasteiger partial charge on any atom is 0.273 e. The molecule has 6 heteroatoms. The Morgan fingerprint density at radius 1 is 1.43 bits per heavy atom. The van der Waals surface area contributed by atoms with Gasteiger partial charge >= 0.3 is 0 Å². The number of hydrogen-bond donors (Lipinski definition) is 2. The molecule has 0 radical (unpaired) electrons. The lowest BCUT2D eigenvalue weighted by molar-refractivity contribution is -0.384. The van der Waals surface area contributed by atoms with Crippen LogP contribution in [0.1, 0.15) is 6.92 Å². The molecule has 0 unspecified atom stereocenters. The Hall–Kier alpha value is -1.98. The number of nitro benzene ring substituents is 1. The zero-order valence-electron chi connectivity index (χ0n) is 7.69. The molecule has 14 heavy (non-hydrogen) atoms. The first-order valence-electron chi connectivity index (χ1n) is 4.02. The van der Waals surface area contributed by atoms with E-state index in [4.69, 9.17) is 16.2 Å². The van der Waals surface area contributed by atoms with E-state index in [9.17, 15) is 10.1 Å². The van der Waals surface area contributed by atoms with Gasteiger partial charge in [-0.05, 0) is 6.92 Å². The molecule has 0 aromatic heterocycles. The molecule has 76 valence electrons. The van der Waals surface area contributed by atoms with E-state index in [2.05, 4.69) is 0 Å². The van der Waals surface area contributed by atoms with Crippen LogP contribution in [-0.4, -0.2) is 11.5 Å². The summed E-state index contributed by atoms with van der Waals surface area (Å²) >= 11 is 0. The summed E-state index contributed by atoms with van der Waals surface area (Å²) in [6.45, 7) is 2.19. The van der Waals surface area contributed by atoms with Crippen LogP contribution in [0.25, 0.3) is 0 Å². The van der Waals surface area contributed by atoms with Gasteiger partial charge in [0.2, 0.25) is 0 Å². The highest BCUT2D eigenvalue weighted by molar-refractivity contribution is 5.71. The third-order valence-corrected chi connectivity index (χ3v) is 1.63. The van der Waals surface area contributed by atoms with E-state index in [0.717, 1.165) is 0 Å². The predicted octanol–water partition coefficient (Wildman–Crippen LogP) is 1.16. The molecule has 0 fully saturated rings. The van der Waals surface area contributed by atoms with Crippen molar-refractivity contribution in [2.75, 3.05) is 18.1 Å². The molecular formula is C8H11N3O3. The van der Waals surface area contributed by atoms with E-state index in [1.54, 1.807) is 6.92 Å². The number of nitrogens with zero attached hydrogens (tertiary/aromatic N) is 1. The SMILES string of the molecule is CCOc1c(N)cc([N+](=O)[O-])cc1N. The number of nitro groups is 1. The Labute approximate surface area is 80.6 Å². The topological polar surface area (TPSA) is 104 Å². The molecule has 0 amide bonds. The van der Waals surface area contributed by atoms with E-state index in [-0.39, 0.29) is 17.1 Å². The van der Waals surface area contributed by atoms with Gasteiger partial charge in [0.05, 0.1) is 22.9 Å². The normalized spacial score (nSPS) is 9.79. The molecule has 0 aliphatic carbocycles. The van der Waals surface area contributed by atoms with Gasteiger partial charge in [-0.2, -0.15) is 0 Å². The summed E-state index contributed by atoms with van der Waals surface area (Å²) in [5.41, 5.74) is 11.3. The van der Waals surface area contributed by atoms with Gasteiger partial charge in [0.1, 0.15) is 0 Å². The molecule has 0 heterocycles. The summed E-state index contributed by atoms with van der Waals surface area (Å²) in [6.07, 6.45) is 0. The minimum absolute atomic E-state index is 0.136. The number of benzene rings is 1. The lowest BCUT2D eigenvalue weighted by Crippen LogP contribution is -2.02. The average Bonchev–Trinajstić information content (AvgIpc) is 2.10. The van der Waals surface area contributed by atoms with Crippen molar-refractivity contribution in [3.63, 3.8) is 0 Å². The molecule has 0 saturated carbocycles. The zero-order valence-corrected chi connectivity index (χ0v) is 7.69. The van der Waals surface area contributed by atoms with Gasteiger partial charge in [-0.1, -0.05) is 0 Å². The minimum atomic E-state index is -0.553. The fraction of sp³-hybridized carbons (Fsp3) is 0.250. The highest BCUT2D eigenvalue weighted by Gasteiger charge is 2.13. The molecule has 4 N–H and O–H groups in total. The summed E-state index contributed by atoms with van der Waals surface area (Å²) in [5, 5.41) is 10.4. The van der Waals surface area contributed by atoms with Crippen LogP contribution in [0.2, 0.25) is 0 Å². The molecule has 6 nitrogen and oxygen atoms in total. The quantitative estimate of drug-likeness (QED) is 0.429. The van der Waals surface area contributed by atoms with Crippen molar-refractivity contribution in [1.82, 2.24) is 0 Å². The van der Waals surface area contributed by atoms with Gasteiger partial charge in [0, 0.05) is 12.1 Å². The molecule has 0 aliphatic rings. The molecule has 1 aromatic rings. The van der Waals surface area contributed by atoms with Crippen molar-refractivity contribution >= 4 is 17.1 Å². The van der Waals surface area contributed by atoms with E-state index >= 15 is 0 Å². The number of non-ortho nitro benzene ring substituents is 1. The van der Waals surface area contributed by atoms with E-state index in [0.29, 0.717) is 12.4 Å². The third-order valence-electron chi connectivity index (χ3n) is 1.63. The van der Waals surface area contributed by atoms with Crippen molar-refractivity contribution in [2.45, 2.75) is 6.92 Å². The first kappa shape index (κ1) is 10.1. The van der Waals surface area contributed by atoms with Crippen molar-refractivity contribution in [3.05, 3.63) is 22.2 Å². The minimum Gasteiger partial charge on any atom is -0.490 e. The van der Waals surface area contributed by atoms with Crippen LogP contribution in [0, 0.1) is 10.1 Å². The Morgan fingerprint density at radius 3 is 2.29 bits per heavy atom. The van der Waals surface area contributed by atoms with Crippen molar-refractivity contribution in [2.24, 2.45) is 0 Å². The van der Waals surface area contributed by atoms with Crippen LogP contribution in [-0.2, 0) is 0 Å². The van der Waals surface area contributed by atoms with Crippen molar-refractivity contribution in [1.29, 1.82) is 0 Å². The van der Waals surface area contributed by atoms with E-state index < -0.39 is 4.92 Å². The van der Waals surface area contributed by atoms with E-state index in [1.807, 2.05) is 0 Å². The predicted molar refractivity (Wildman–Crippen MR) is 53.1 cm³/mol. The van der Waals surface area contributed by atoms with Gasteiger partial charge in [0.15, 0.2) is 5.75 Å². The van der Waals surface area contributed by atoms with Gasteiger partial charge in [-0.15, -0.1) is 0 Å². The summed E-state index contributed by atoms with van der Waals surface area (Å²) < 4.78 is 5.13.